The number of dihydropyridines is 1. The van der Waals surface area contributed by atoms with Crippen molar-refractivity contribution in [2.75, 3.05) is 36.6 Å². The number of rotatable bonds is 2. The van der Waals surface area contributed by atoms with Crippen LogP contribution in [0.5, 0.6) is 5.75 Å². The van der Waals surface area contributed by atoms with E-state index in [0.717, 1.165) is 17.1 Å². The molecule has 0 saturated carbocycles. The van der Waals surface area contributed by atoms with Crippen LogP contribution in [0.2, 0.25) is 0 Å². The summed E-state index contributed by atoms with van der Waals surface area (Å²) in [6.07, 6.45) is 3.11. The van der Waals surface area contributed by atoms with Crippen LogP contribution in [-0.2, 0) is 5.75 Å². The van der Waals surface area contributed by atoms with E-state index in [1.807, 2.05) is 18.4 Å². The molecule has 0 fully saturated rings. The summed E-state index contributed by atoms with van der Waals surface area (Å²) in [4.78, 5) is 8.89. The van der Waals surface area contributed by atoms with E-state index in [1.54, 1.807) is 23.9 Å². The van der Waals surface area contributed by atoms with E-state index >= 15 is 0 Å². The number of hydrogen-bond donors (Lipinski definition) is 2. The Hall–Kier alpha value is -2.61. The summed E-state index contributed by atoms with van der Waals surface area (Å²) in [5.41, 5.74) is 2.10. The van der Waals surface area contributed by atoms with E-state index in [9.17, 15) is 8.78 Å². The highest BCUT2D eigenvalue weighted by Crippen LogP contribution is 2.33. The first-order chi connectivity index (χ1) is 14.1. The van der Waals surface area contributed by atoms with Crippen molar-refractivity contribution in [3.05, 3.63) is 53.4 Å². The molecule has 0 radical (unpaired) electrons. The summed E-state index contributed by atoms with van der Waals surface area (Å²) < 4.78 is 34.3. The number of anilines is 2. The van der Waals surface area contributed by atoms with Gasteiger partial charge in [-0.05, 0) is 48.6 Å². The zero-order chi connectivity index (χ0) is 20.2. The molecule has 3 heterocycles. The maximum absolute atomic E-state index is 14.7. The first-order valence-electron chi connectivity index (χ1n) is 9.46. The van der Waals surface area contributed by atoms with Gasteiger partial charge in [0.2, 0.25) is 0 Å². The minimum Gasteiger partial charge on any atom is -0.493 e. The van der Waals surface area contributed by atoms with Crippen LogP contribution in [0.4, 0.5) is 20.4 Å². The van der Waals surface area contributed by atoms with Crippen LogP contribution in [0.25, 0.3) is 5.57 Å². The number of nitrogens with zero attached hydrogens (tertiary/aromatic N) is 2. The molecule has 29 heavy (non-hydrogen) atoms. The molecule has 8 heteroatoms. The fraction of sp³-hybridized carbons (Fsp3) is 0.333. The van der Waals surface area contributed by atoms with Crippen LogP contribution in [0.3, 0.4) is 0 Å². The molecule has 0 aliphatic carbocycles. The van der Waals surface area contributed by atoms with E-state index in [0.29, 0.717) is 48.1 Å². The van der Waals surface area contributed by atoms with Crippen LogP contribution in [0.15, 0.2) is 41.4 Å². The molecule has 0 saturated heterocycles. The van der Waals surface area contributed by atoms with Crippen LogP contribution in [0, 0.1) is 5.82 Å². The molecule has 2 aromatic rings. The third-order valence-corrected chi connectivity index (χ3v) is 5.27. The lowest BCUT2D eigenvalue weighted by Gasteiger charge is -2.21. The largest absolute Gasteiger partial charge is 0.493 e. The molecule has 0 spiro atoms. The molecule has 5 nitrogen and oxygen atoms in total. The van der Waals surface area contributed by atoms with Crippen molar-refractivity contribution in [3.63, 3.8) is 0 Å². The lowest BCUT2D eigenvalue weighted by atomic mass is 9.98. The summed E-state index contributed by atoms with van der Waals surface area (Å²) in [6, 6.07) is 8.17. The number of nitrogens with one attached hydrogen (secondary N) is 2. The molecule has 2 N–H and O–H groups in total. The number of aromatic nitrogens is 1. The third-order valence-electron chi connectivity index (χ3n) is 4.64. The minimum atomic E-state index is -1.28. The summed E-state index contributed by atoms with van der Waals surface area (Å²) in [6.45, 7) is 1.01. The first-order valence-corrected chi connectivity index (χ1v) is 10.9. The Morgan fingerprint density at radius 2 is 2.10 bits per heavy atom. The number of fused-ring (bicyclic) bond motifs is 5. The summed E-state index contributed by atoms with van der Waals surface area (Å²) >= 11 is 1.73. The van der Waals surface area contributed by atoms with Crippen molar-refractivity contribution >= 4 is 34.8 Å². The Morgan fingerprint density at radius 3 is 2.97 bits per heavy atom. The molecule has 4 rings (SSSR count). The number of alkyl halides is 1. The van der Waals surface area contributed by atoms with Crippen molar-refractivity contribution in [1.82, 2.24) is 4.98 Å². The Bertz CT molecular complexity index is 964. The predicted octanol–water partition coefficient (Wildman–Crippen LogP) is 4.52. The quantitative estimate of drug-likeness (QED) is 0.754. The van der Waals surface area contributed by atoms with Gasteiger partial charge in [-0.2, -0.15) is 11.8 Å². The molecule has 2 aliphatic heterocycles. The fourth-order valence-electron chi connectivity index (χ4n) is 3.33. The van der Waals surface area contributed by atoms with Gasteiger partial charge in [-0.1, -0.05) is 0 Å². The summed E-state index contributed by atoms with van der Waals surface area (Å²) in [7, 11) is 0. The predicted molar refractivity (Wildman–Crippen MR) is 115 cm³/mol. The Morgan fingerprint density at radius 1 is 1.24 bits per heavy atom. The Kier molecular flexibility index (Phi) is 5.99. The molecular weight excluding hydrogens is 394 g/mol. The minimum absolute atomic E-state index is 0.0133. The average molecular weight is 416 g/mol. The first kappa shape index (κ1) is 19.7. The maximum atomic E-state index is 14.7. The van der Waals surface area contributed by atoms with Crippen molar-refractivity contribution in [2.45, 2.75) is 18.3 Å². The molecule has 1 unspecified atom stereocenters. The van der Waals surface area contributed by atoms with E-state index in [-0.39, 0.29) is 6.54 Å². The molecule has 1 aromatic carbocycles. The summed E-state index contributed by atoms with van der Waals surface area (Å²) in [5, 5.41) is 6.50. The van der Waals surface area contributed by atoms with Gasteiger partial charge in [0, 0.05) is 29.5 Å². The molecule has 0 amide bonds. The number of pyridine rings is 1. The lowest BCUT2D eigenvalue weighted by molar-refractivity contribution is 0.311. The number of benzene rings is 1. The van der Waals surface area contributed by atoms with Gasteiger partial charge >= 0.3 is 0 Å². The van der Waals surface area contributed by atoms with Crippen LogP contribution in [-0.4, -0.2) is 42.9 Å². The van der Waals surface area contributed by atoms with Crippen molar-refractivity contribution in [2.24, 2.45) is 4.99 Å². The van der Waals surface area contributed by atoms with Crippen molar-refractivity contribution in [3.8, 4) is 5.75 Å². The number of thioether (sulfide) groups is 1. The summed E-state index contributed by atoms with van der Waals surface area (Å²) in [5.74, 6) is 2.71. The second-order valence-corrected chi connectivity index (χ2v) is 7.73. The van der Waals surface area contributed by atoms with Gasteiger partial charge in [0.25, 0.3) is 0 Å². The lowest BCUT2D eigenvalue weighted by Crippen LogP contribution is -2.22. The highest BCUT2D eigenvalue weighted by atomic mass is 32.2. The number of aliphatic imine (C=N–C) groups is 1. The van der Waals surface area contributed by atoms with Crippen molar-refractivity contribution in [1.29, 1.82) is 0 Å². The number of ether oxygens (including phenoxy) is 1. The second kappa shape index (κ2) is 8.82. The van der Waals surface area contributed by atoms with Gasteiger partial charge in [-0.15, -0.1) is 0 Å². The molecule has 1 atom stereocenters. The van der Waals surface area contributed by atoms with E-state index < -0.39 is 12.0 Å². The standard InChI is InChI=1S/C21H22F2N4OS/c1-29-12-13-7-19-24-5-2-6-28-18-9-14(22)3-4-15(18)16-10-20(25-11-17(16)23)27-21(8-13)26-19/h3-4,7-10,17H,2,5-6,11-12H2,1H3,(H2,24,25,26,27). The van der Waals surface area contributed by atoms with Gasteiger partial charge in [0.15, 0.2) is 0 Å². The Balaban J connectivity index is 1.74. The van der Waals surface area contributed by atoms with E-state index in [4.69, 9.17) is 4.74 Å². The average Bonchev–Trinajstić information content (AvgIpc) is 2.69. The topological polar surface area (TPSA) is 58.5 Å². The normalized spacial score (nSPS) is 18.8. The van der Waals surface area contributed by atoms with E-state index in [2.05, 4.69) is 20.6 Å². The van der Waals surface area contributed by atoms with Crippen LogP contribution in [0.1, 0.15) is 17.5 Å². The molecule has 152 valence electrons. The third kappa shape index (κ3) is 4.70. The highest BCUT2D eigenvalue weighted by molar-refractivity contribution is 7.97. The smallest absolute Gasteiger partial charge is 0.145 e. The Labute approximate surface area is 172 Å². The molecule has 1 aromatic heterocycles. The zero-order valence-corrected chi connectivity index (χ0v) is 16.9. The van der Waals surface area contributed by atoms with Gasteiger partial charge in [-0.3, -0.25) is 4.99 Å². The van der Waals surface area contributed by atoms with Crippen LogP contribution >= 0.6 is 11.8 Å². The van der Waals surface area contributed by atoms with Gasteiger partial charge in [-0.25, -0.2) is 13.8 Å². The SMILES string of the molecule is CSCc1cc2nc(c1)NC1=NCC(F)C(=C1)c1ccc(F)cc1OCCCN2. The monoisotopic (exact) mass is 416 g/mol. The number of halogens is 2. The molecule has 2 aliphatic rings. The fourth-order valence-corrected chi connectivity index (χ4v) is 3.83. The number of hydrogen-bond acceptors (Lipinski definition) is 6. The van der Waals surface area contributed by atoms with Crippen LogP contribution < -0.4 is 15.4 Å². The molecular formula is C21H22F2N4OS. The highest BCUT2D eigenvalue weighted by Gasteiger charge is 2.23. The molecule has 4 bridgehead atoms. The van der Waals surface area contributed by atoms with E-state index in [1.165, 1.54) is 12.1 Å². The zero-order valence-electron chi connectivity index (χ0n) is 16.0. The maximum Gasteiger partial charge on any atom is 0.145 e. The van der Waals surface area contributed by atoms with Gasteiger partial charge < -0.3 is 15.4 Å². The van der Waals surface area contributed by atoms with Gasteiger partial charge in [0.05, 0.1) is 13.2 Å². The number of amidine groups is 1. The van der Waals surface area contributed by atoms with Gasteiger partial charge in [0.1, 0.15) is 35.2 Å². The van der Waals surface area contributed by atoms with Crippen molar-refractivity contribution < 1.29 is 13.5 Å². The second-order valence-electron chi connectivity index (χ2n) is 6.87.